The van der Waals surface area contributed by atoms with Gasteiger partial charge in [0.25, 0.3) is 0 Å². The average molecular weight is 262 g/mol. The van der Waals surface area contributed by atoms with E-state index in [-0.39, 0.29) is 0 Å². The summed E-state index contributed by atoms with van der Waals surface area (Å²) in [5.41, 5.74) is 1.13. The van der Waals surface area contributed by atoms with Crippen molar-refractivity contribution in [2.24, 2.45) is 0 Å². The lowest BCUT2D eigenvalue weighted by atomic mass is 10.2. The molecule has 0 spiro atoms. The number of benzene rings is 1. The Morgan fingerprint density at radius 1 is 1.22 bits per heavy atom. The molecule has 0 radical (unpaired) electrons. The predicted molar refractivity (Wildman–Crippen MR) is 78.1 cm³/mol. The van der Waals surface area contributed by atoms with Crippen LogP contribution in [-0.4, -0.2) is 14.4 Å². The fourth-order valence-corrected chi connectivity index (χ4v) is 2.52. The number of aldehydes is 1. The molecular formula is C15H22O2Si. The number of carbonyl (C=O) groups is 1. The number of hydrogen-bond donors (Lipinski definition) is 0. The maximum atomic E-state index is 10.6. The number of ether oxygens (including phenoxy) is 1. The molecule has 0 N–H and O–H groups in total. The van der Waals surface area contributed by atoms with Crippen LogP contribution < -0.4 is 0 Å². The summed E-state index contributed by atoms with van der Waals surface area (Å²) in [7, 11) is -1.09. The minimum atomic E-state index is -1.09. The highest BCUT2D eigenvalue weighted by Crippen LogP contribution is 2.18. The molecule has 1 aromatic rings. The summed E-state index contributed by atoms with van der Waals surface area (Å²) in [6, 6.07) is 11.2. The van der Waals surface area contributed by atoms with Gasteiger partial charge in [-0.3, -0.25) is 4.79 Å². The average Bonchev–Trinajstić information content (AvgIpc) is 2.33. The summed E-state index contributed by atoms with van der Waals surface area (Å²) in [6.07, 6.45) is 3.22. The normalized spacial score (nSPS) is 12.3. The third-order valence-electron chi connectivity index (χ3n) is 2.64. The summed E-state index contributed by atoms with van der Waals surface area (Å²) < 4.78 is 5.72. The first kappa shape index (κ1) is 14.7. The second kappa shape index (κ2) is 7.16. The highest BCUT2D eigenvalue weighted by molar-refractivity contribution is 6.76. The van der Waals surface area contributed by atoms with Crippen LogP contribution in [-0.2, 0) is 16.1 Å². The molecule has 1 aromatic carbocycles. The van der Waals surface area contributed by atoms with Gasteiger partial charge < -0.3 is 4.74 Å². The molecule has 18 heavy (non-hydrogen) atoms. The summed E-state index contributed by atoms with van der Waals surface area (Å²) >= 11 is 0. The molecule has 98 valence electrons. The molecule has 0 saturated carbocycles. The van der Waals surface area contributed by atoms with Crippen LogP contribution in [0.2, 0.25) is 25.7 Å². The van der Waals surface area contributed by atoms with Crippen LogP contribution in [0.3, 0.4) is 0 Å². The Kier molecular flexibility index (Phi) is 5.85. The Morgan fingerprint density at radius 3 is 2.44 bits per heavy atom. The highest BCUT2D eigenvalue weighted by Gasteiger charge is 2.14. The van der Waals surface area contributed by atoms with Gasteiger partial charge in [0.15, 0.2) is 0 Å². The molecule has 0 fully saturated rings. The molecule has 3 heteroatoms. The van der Waals surface area contributed by atoms with E-state index < -0.39 is 8.07 Å². The molecule has 0 amide bonds. The molecule has 0 atom stereocenters. The molecule has 0 bridgehead atoms. The van der Waals surface area contributed by atoms with Crippen molar-refractivity contribution in [2.75, 3.05) is 0 Å². The SMILES string of the molecule is C[Si](C)(C)CC/C(=C\C=O)OCc1ccccc1. The Bertz CT molecular complexity index is 391. The Hall–Kier alpha value is -1.35. The molecule has 0 unspecified atom stereocenters. The van der Waals surface area contributed by atoms with E-state index in [1.54, 1.807) is 6.08 Å². The van der Waals surface area contributed by atoms with E-state index in [9.17, 15) is 4.79 Å². The van der Waals surface area contributed by atoms with E-state index in [0.29, 0.717) is 6.61 Å². The highest BCUT2D eigenvalue weighted by atomic mass is 28.3. The molecule has 1 rings (SSSR count). The van der Waals surface area contributed by atoms with Crippen LogP contribution in [0, 0.1) is 0 Å². The van der Waals surface area contributed by atoms with Crippen molar-refractivity contribution in [3.05, 3.63) is 47.7 Å². The minimum absolute atomic E-state index is 0.534. The predicted octanol–water partition coefficient (Wildman–Crippen LogP) is 4.01. The zero-order chi connectivity index (χ0) is 13.4. The first-order chi connectivity index (χ1) is 8.51. The molecular weight excluding hydrogens is 240 g/mol. The summed E-state index contributed by atoms with van der Waals surface area (Å²) in [5, 5.41) is 0. The first-order valence-electron chi connectivity index (χ1n) is 6.32. The standard InChI is InChI=1S/C15H22O2Si/c1-18(2,3)12-10-15(9-11-16)17-13-14-7-5-4-6-8-14/h4-9,11H,10,12-13H2,1-3H3/b15-9+. The lowest BCUT2D eigenvalue weighted by Crippen LogP contribution is -2.19. The van der Waals surface area contributed by atoms with Gasteiger partial charge in [0.1, 0.15) is 12.9 Å². The number of carbonyl (C=O) groups excluding carboxylic acids is 1. The van der Waals surface area contributed by atoms with Crippen molar-refractivity contribution in [3.63, 3.8) is 0 Å². The smallest absolute Gasteiger partial charge is 0.146 e. The molecule has 0 aliphatic carbocycles. The Balaban J connectivity index is 2.49. The van der Waals surface area contributed by atoms with Crippen molar-refractivity contribution in [2.45, 2.75) is 38.7 Å². The quantitative estimate of drug-likeness (QED) is 0.321. The maximum absolute atomic E-state index is 10.6. The van der Waals surface area contributed by atoms with Gasteiger partial charge in [-0.05, 0) is 5.56 Å². The molecule has 2 nitrogen and oxygen atoms in total. The number of hydrogen-bond acceptors (Lipinski definition) is 2. The third-order valence-corrected chi connectivity index (χ3v) is 4.39. The Labute approximate surface area is 111 Å². The summed E-state index contributed by atoms with van der Waals surface area (Å²) in [5.74, 6) is 0.802. The van der Waals surface area contributed by atoms with E-state index in [1.165, 1.54) is 0 Å². The second-order valence-electron chi connectivity index (χ2n) is 5.60. The molecule has 0 saturated heterocycles. The van der Waals surface area contributed by atoms with Crippen molar-refractivity contribution >= 4 is 14.4 Å². The van der Waals surface area contributed by atoms with Gasteiger partial charge in [0.05, 0.1) is 5.76 Å². The molecule has 0 aromatic heterocycles. The van der Waals surface area contributed by atoms with Crippen LogP contribution in [0.15, 0.2) is 42.2 Å². The molecule has 0 heterocycles. The summed E-state index contributed by atoms with van der Waals surface area (Å²) in [6.45, 7) is 7.50. The van der Waals surface area contributed by atoms with E-state index in [1.807, 2.05) is 30.3 Å². The van der Waals surface area contributed by atoms with Crippen molar-refractivity contribution in [3.8, 4) is 0 Å². The van der Waals surface area contributed by atoms with Crippen LogP contribution in [0.4, 0.5) is 0 Å². The lowest BCUT2D eigenvalue weighted by molar-refractivity contribution is -0.104. The van der Waals surface area contributed by atoms with E-state index in [0.717, 1.165) is 30.1 Å². The summed E-state index contributed by atoms with van der Waals surface area (Å²) in [4.78, 5) is 10.6. The van der Waals surface area contributed by atoms with Crippen LogP contribution in [0.5, 0.6) is 0 Å². The maximum Gasteiger partial charge on any atom is 0.146 e. The zero-order valence-corrected chi connectivity index (χ0v) is 12.5. The van der Waals surface area contributed by atoms with Gasteiger partial charge in [-0.2, -0.15) is 0 Å². The topological polar surface area (TPSA) is 26.3 Å². The largest absolute Gasteiger partial charge is 0.493 e. The van der Waals surface area contributed by atoms with Crippen LogP contribution in [0.1, 0.15) is 12.0 Å². The number of allylic oxidation sites excluding steroid dienone is 2. The van der Waals surface area contributed by atoms with Crippen LogP contribution in [0.25, 0.3) is 0 Å². The minimum Gasteiger partial charge on any atom is -0.493 e. The number of rotatable bonds is 7. The first-order valence-corrected chi connectivity index (χ1v) is 10.0. The fraction of sp³-hybridized carbons (Fsp3) is 0.400. The third kappa shape index (κ3) is 6.40. The van der Waals surface area contributed by atoms with Gasteiger partial charge in [-0.15, -0.1) is 0 Å². The zero-order valence-electron chi connectivity index (χ0n) is 11.5. The van der Waals surface area contributed by atoms with Crippen molar-refractivity contribution in [1.29, 1.82) is 0 Å². The van der Waals surface area contributed by atoms with Gasteiger partial charge in [0, 0.05) is 20.6 Å². The van der Waals surface area contributed by atoms with Crippen LogP contribution >= 0.6 is 0 Å². The van der Waals surface area contributed by atoms with E-state index in [4.69, 9.17) is 4.74 Å². The van der Waals surface area contributed by atoms with E-state index >= 15 is 0 Å². The fourth-order valence-electron chi connectivity index (χ4n) is 1.53. The molecule has 0 aliphatic rings. The Morgan fingerprint density at radius 2 is 1.89 bits per heavy atom. The van der Waals surface area contributed by atoms with Crippen molar-refractivity contribution < 1.29 is 9.53 Å². The van der Waals surface area contributed by atoms with Gasteiger partial charge in [0.2, 0.25) is 0 Å². The van der Waals surface area contributed by atoms with Gasteiger partial charge >= 0.3 is 0 Å². The van der Waals surface area contributed by atoms with Gasteiger partial charge in [-0.25, -0.2) is 0 Å². The molecule has 0 aliphatic heterocycles. The van der Waals surface area contributed by atoms with Gasteiger partial charge in [-0.1, -0.05) is 56.0 Å². The van der Waals surface area contributed by atoms with E-state index in [2.05, 4.69) is 19.6 Å². The monoisotopic (exact) mass is 262 g/mol. The lowest BCUT2D eigenvalue weighted by Gasteiger charge is -2.17. The van der Waals surface area contributed by atoms with Crippen molar-refractivity contribution in [1.82, 2.24) is 0 Å². The second-order valence-corrected chi connectivity index (χ2v) is 11.2.